The molecule has 0 aliphatic carbocycles. The Hall–Kier alpha value is -1.72. The third-order valence-corrected chi connectivity index (χ3v) is 3.14. The van der Waals surface area contributed by atoms with Gasteiger partial charge in [0.25, 0.3) is 0 Å². The van der Waals surface area contributed by atoms with E-state index in [1.807, 2.05) is 45.7 Å². The minimum absolute atomic E-state index is 0.150. The van der Waals surface area contributed by atoms with Crippen LogP contribution in [0, 0.1) is 5.82 Å². The van der Waals surface area contributed by atoms with E-state index in [0.717, 1.165) is 29.8 Å². The molecule has 0 atom stereocenters. The van der Waals surface area contributed by atoms with Gasteiger partial charge >= 0.3 is 0 Å². The van der Waals surface area contributed by atoms with E-state index in [-0.39, 0.29) is 5.82 Å². The molecule has 0 fully saturated rings. The molecule has 2 rings (SSSR count). The molecule has 0 saturated carbocycles. The Bertz CT molecular complexity index is 565. The first-order chi connectivity index (χ1) is 9.58. The molecule has 0 aliphatic heterocycles. The van der Waals surface area contributed by atoms with Crippen molar-refractivity contribution in [1.82, 2.24) is 20.0 Å². The number of nitrogens with one attached hydrogen (secondary N) is 1. The lowest BCUT2D eigenvalue weighted by molar-refractivity contribution is 0.313. The Balaban J connectivity index is 2.02. The number of nitrogens with zero attached hydrogens (tertiary/aromatic N) is 3. The van der Waals surface area contributed by atoms with Gasteiger partial charge in [0.15, 0.2) is 0 Å². The summed E-state index contributed by atoms with van der Waals surface area (Å²) in [5, 5.41) is 7.22. The van der Waals surface area contributed by atoms with Crippen LogP contribution in [0.4, 0.5) is 4.39 Å². The molecule has 0 radical (unpaired) electrons. The highest BCUT2D eigenvalue weighted by atomic mass is 19.1. The van der Waals surface area contributed by atoms with Crippen molar-refractivity contribution < 1.29 is 4.39 Å². The Morgan fingerprint density at radius 1 is 1.30 bits per heavy atom. The van der Waals surface area contributed by atoms with Crippen molar-refractivity contribution in [1.29, 1.82) is 0 Å². The van der Waals surface area contributed by atoms with Gasteiger partial charge in [0, 0.05) is 44.0 Å². The number of hydrogen-bond donors (Lipinski definition) is 1. The number of aryl methyl sites for hydroxylation is 1. The molecule has 0 unspecified atom stereocenters. The molecule has 5 heteroatoms. The molecule has 1 heterocycles. The largest absolute Gasteiger partial charge is 0.316 e. The number of halogens is 1. The van der Waals surface area contributed by atoms with Crippen LogP contribution in [0.5, 0.6) is 0 Å². The van der Waals surface area contributed by atoms with Crippen molar-refractivity contribution in [3.63, 3.8) is 0 Å². The second kappa shape index (κ2) is 6.63. The average Bonchev–Trinajstić information content (AvgIpc) is 2.79. The summed E-state index contributed by atoms with van der Waals surface area (Å²) < 4.78 is 15.6. The monoisotopic (exact) mass is 276 g/mol. The first kappa shape index (κ1) is 14.7. The maximum absolute atomic E-state index is 13.8. The summed E-state index contributed by atoms with van der Waals surface area (Å²) in [4.78, 5) is 2.08. The SMILES string of the molecule is CNCc1ccc(F)c(CN(C)Cc2cnn(C)c2)c1. The maximum Gasteiger partial charge on any atom is 0.127 e. The minimum Gasteiger partial charge on any atom is -0.316 e. The summed E-state index contributed by atoms with van der Waals surface area (Å²) in [6.45, 7) is 2.08. The van der Waals surface area contributed by atoms with Crippen LogP contribution in [0.15, 0.2) is 30.6 Å². The van der Waals surface area contributed by atoms with E-state index in [0.29, 0.717) is 6.54 Å². The Kier molecular flexibility index (Phi) is 4.87. The summed E-state index contributed by atoms with van der Waals surface area (Å²) in [5.74, 6) is -0.150. The summed E-state index contributed by atoms with van der Waals surface area (Å²) in [6.07, 6.45) is 3.81. The molecule has 108 valence electrons. The quantitative estimate of drug-likeness (QED) is 0.875. The fourth-order valence-electron chi connectivity index (χ4n) is 2.28. The van der Waals surface area contributed by atoms with Gasteiger partial charge in [0.1, 0.15) is 5.82 Å². The highest BCUT2D eigenvalue weighted by Gasteiger charge is 2.08. The lowest BCUT2D eigenvalue weighted by atomic mass is 10.1. The molecule has 1 aromatic heterocycles. The van der Waals surface area contributed by atoms with Crippen LogP contribution in [0.3, 0.4) is 0 Å². The zero-order chi connectivity index (χ0) is 14.5. The van der Waals surface area contributed by atoms with Crippen LogP contribution in [-0.4, -0.2) is 28.8 Å². The van der Waals surface area contributed by atoms with Crippen LogP contribution >= 0.6 is 0 Å². The van der Waals surface area contributed by atoms with E-state index in [2.05, 4.69) is 15.3 Å². The second-order valence-corrected chi connectivity index (χ2v) is 5.15. The number of rotatable bonds is 6. The third kappa shape index (κ3) is 3.88. The van der Waals surface area contributed by atoms with Gasteiger partial charge in [-0.2, -0.15) is 5.10 Å². The maximum atomic E-state index is 13.8. The van der Waals surface area contributed by atoms with Crippen molar-refractivity contribution in [3.8, 4) is 0 Å². The van der Waals surface area contributed by atoms with Crippen LogP contribution in [-0.2, 0) is 26.7 Å². The van der Waals surface area contributed by atoms with Gasteiger partial charge < -0.3 is 5.32 Å². The van der Waals surface area contributed by atoms with Crippen molar-refractivity contribution in [2.75, 3.05) is 14.1 Å². The van der Waals surface area contributed by atoms with Gasteiger partial charge in [-0.3, -0.25) is 9.58 Å². The van der Waals surface area contributed by atoms with Crippen LogP contribution in [0.2, 0.25) is 0 Å². The van der Waals surface area contributed by atoms with Gasteiger partial charge in [-0.25, -0.2) is 4.39 Å². The minimum atomic E-state index is -0.150. The van der Waals surface area contributed by atoms with Crippen molar-refractivity contribution >= 4 is 0 Å². The molecule has 1 N–H and O–H groups in total. The van der Waals surface area contributed by atoms with E-state index >= 15 is 0 Å². The Morgan fingerprint density at radius 3 is 2.75 bits per heavy atom. The molecule has 0 bridgehead atoms. The van der Waals surface area contributed by atoms with Crippen LogP contribution in [0.25, 0.3) is 0 Å². The molecule has 4 nitrogen and oxygen atoms in total. The molecule has 1 aromatic carbocycles. The number of hydrogen-bond acceptors (Lipinski definition) is 3. The summed E-state index contributed by atoms with van der Waals surface area (Å²) in [6, 6.07) is 5.28. The normalized spacial score (nSPS) is 11.2. The number of aromatic nitrogens is 2. The van der Waals surface area contributed by atoms with Gasteiger partial charge in [-0.15, -0.1) is 0 Å². The zero-order valence-corrected chi connectivity index (χ0v) is 12.2. The smallest absolute Gasteiger partial charge is 0.127 e. The number of benzene rings is 1. The average molecular weight is 276 g/mol. The van der Waals surface area contributed by atoms with Gasteiger partial charge in [0.05, 0.1) is 6.20 Å². The van der Waals surface area contributed by atoms with Gasteiger partial charge in [-0.1, -0.05) is 12.1 Å². The summed E-state index contributed by atoms with van der Waals surface area (Å²) in [5.41, 5.74) is 2.95. The van der Waals surface area contributed by atoms with Crippen molar-refractivity contribution in [2.45, 2.75) is 19.6 Å². The van der Waals surface area contributed by atoms with Crippen molar-refractivity contribution in [3.05, 3.63) is 53.1 Å². The molecular formula is C15H21FN4. The third-order valence-electron chi connectivity index (χ3n) is 3.14. The molecule has 0 amide bonds. The van der Waals surface area contributed by atoms with E-state index in [1.54, 1.807) is 10.7 Å². The fraction of sp³-hybridized carbons (Fsp3) is 0.400. The van der Waals surface area contributed by atoms with E-state index in [9.17, 15) is 4.39 Å². The van der Waals surface area contributed by atoms with Gasteiger partial charge in [0.2, 0.25) is 0 Å². The van der Waals surface area contributed by atoms with Crippen LogP contribution < -0.4 is 5.32 Å². The fourth-order valence-corrected chi connectivity index (χ4v) is 2.28. The molecule has 2 aromatic rings. The second-order valence-electron chi connectivity index (χ2n) is 5.15. The van der Waals surface area contributed by atoms with E-state index in [1.165, 1.54) is 0 Å². The highest BCUT2D eigenvalue weighted by molar-refractivity contribution is 5.25. The standard InChI is InChI=1S/C15H21FN4/c1-17-7-12-4-5-15(16)14(6-12)11-19(2)9-13-8-18-20(3)10-13/h4-6,8,10,17H,7,9,11H2,1-3H3. The summed E-state index contributed by atoms with van der Waals surface area (Å²) in [7, 11) is 5.76. The molecule has 20 heavy (non-hydrogen) atoms. The summed E-state index contributed by atoms with van der Waals surface area (Å²) >= 11 is 0. The zero-order valence-electron chi connectivity index (χ0n) is 12.2. The lowest BCUT2D eigenvalue weighted by Gasteiger charge is -2.17. The highest BCUT2D eigenvalue weighted by Crippen LogP contribution is 2.14. The molecule has 0 saturated heterocycles. The topological polar surface area (TPSA) is 33.1 Å². The van der Waals surface area contributed by atoms with Crippen LogP contribution in [0.1, 0.15) is 16.7 Å². The Morgan fingerprint density at radius 2 is 2.10 bits per heavy atom. The lowest BCUT2D eigenvalue weighted by Crippen LogP contribution is -2.18. The van der Waals surface area contributed by atoms with E-state index < -0.39 is 0 Å². The van der Waals surface area contributed by atoms with Gasteiger partial charge in [-0.05, 0) is 25.7 Å². The van der Waals surface area contributed by atoms with E-state index in [4.69, 9.17) is 0 Å². The molecule has 0 aliphatic rings. The molecular weight excluding hydrogens is 255 g/mol. The first-order valence-corrected chi connectivity index (χ1v) is 6.66. The predicted octanol–water partition coefficient (Wildman–Crippen LogP) is 1.91. The Labute approximate surface area is 119 Å². The predicted molar refractivity (Wildman–Crippen MR) is 77.5 cm³/mol. The first-order valence-electron chi connectivity index (χ1n) is 6.66. The molecule has 0 spiro atoms. The van der Waals surface area contributed by atoms with Crippen molar-refractivity contribution in [2.24, 2.45) is 7.05 Å².